The van der Waals surface area contributed by atoms with Crippen molar-refractivity contribution in [3.63, 3.8) is 0 Å². The third-order valence-electron chi connectivity index (χ3n) is 4.86. The number of amides is 2. The highest BCUT2D eigenvalue weighted by Gasteiger charge is 2.37. The number of carbonyl (C=O) groups excluding carboxylic acids is 2. The first-order chi connectivity index (χ1) is 13.7. The molecule has 0 saturated carbocycles. The number of pyridine rings is 1. The molecule has 0 unspecified atom stereocenters. The summed E-state index contributed by atoms with van der Waals surface area (Å²) in [6.07, 6.45) is -4.79. The molecule has 1 fully saturated rings. The third-order valence-corrected chi connectivity index (χ3v) is 4.86. The molecule has 1 saturated heterocycles. The van der Waals surface area contributed by atoms with Gasteiger partial charge >= 0.3 is 6.18 Å². The summed E-state index contributed by atoms with van der Waals surface area (Å²) in [5.41, 5.74) is 3.06. The molecule has 3 heterocycles. The van der Waals surface area contributed by atoms with Gasteiger partial charge in [0.2, 0.25) is 0 Å². The fourth-order valence-electron chi connectivity index (χ4n) is 3.49. The lowest BCUT2D eigenvalue weighted by atomic mass is 10.1. The molecular weight excluding hydrogens is 393 g/mol. The summed E-state index contributed by atoms with van der Waals surface area (Å²) in [6, 6.07) is 4.32. The molecule has 1 aromatic heterocycles. The van der Waals surface area contributed by atoms with Crippen molar-refractivity contribution >= 4 is 23.3 Å². The van der Waals surface area contributed by atoms with E-state index >= 15 is 0 Å². The Morgan fingerprint density at radius 2 is 1.72 bits per heavy atom. The van der Waals surface area contributed by atoms with Gasteiger partial charge in [0.1, 0.15) is 5.82 Å². The largest absolute Gasteiger partial charge is 0.418 e. The number of morpholine rings is 1. The number of nitrogens with two attached hydrogens (primary N) is 1. The molecule has 2 aliphatic heterocycles. The van der Waals surface area contributed by atoms with Gasteiger partial charge in [-0.2, -0.15) is 13.2 Å². The van der Waals surface area contributed by atoms with Crippen molar-refractivity contribution < 1.29 is 27.5 Å². The van der Waals surface area contributed by atoms with Gasteiger partial charge < -0.3 is 15.4 Å². The quantitative estimate of drug-likeness (QED) is 0.723. The zero-order valence-electron chi connectivity index (χ0n) is 14.9. The maximum atomic E-state index is 13.8. The lowest BCUT2D eigenvalue weighted by Gasteiger charge is -2.30. The molecule has 0 atom stereocenters. The summed E-state index contributed by atoms with van der Waals surface area (Å²) in [7, 11) is 0. The van der Waals surface area contributed by atoms with Crippen molar-refractivity contribution in [2.75, 3.05) is 36.9 Å². The number of aromatic nitrogens is 1. The predicted molar refractivity (Wildman–Crippen MR) is 96.3 cm³/mol. The molecule has 4 rings (SSSR count). The second kappa shape index (κ2) is 6.62. The van der Waals surface area contributed by atoms with E-state index in [4.69, 9.17) is 10.5 Å². The van der Waals surface area contributed by atoms with Crippen molar-refractivity contribution in [1.82, 2.24) is 9.88 Å². The number of nitrogen functional groups attached to an aromatic ring is 1. The zero-order chi connectivity index (χ0) is 20.9. The Morgan fingerprint density at radius 3 is 2.38 bits per heavy atom. The number of hydrogen-bond acceptors (Lipinski definition) is 6. The minimum Gasteiger partial charge on any atom is -0.384 e. The highest BCUT2D eigenvalue weighted by Crippen LogP contribution is 2.37. The molecule has 0 spiro atoms. The van der Waals surface area contributed by atoms with E-state index in [0.29, 0.717) is 36.6 Å². The van der Waals surface area contributed by atoms with Crippen LogP contribution < -0.4 is 21.5 Å². The average Bonchev–Trinajstić information content (AvgIpc) is 2.95. The van der Waals surface area contributed by atoms with Gasteiger partial charge in [0.05, 0.1) is 35.6 Å². The topological polar surface area (TPSA) is 107 Å². The van der Waals surface area contributed by atoms with Crippen LogP contribution in [0.2, 0.25) is 0 Å². The van der Waals surface area contributed by atoms with Crippen LogP contribution in [0.25, 0.3) is 5.69 Å². The third kappa shape index (κ3) is 3.12. The van der Waals surface area contributed by atoms with Crippen LogP contribution in [0.15, 0.2) is 29.1 Å². The van der Waals surface area contributed by atoms with Gasteiger partial charge in [-0.1, -0.05) is 0 Å². The zero-order valence-corrected chi connectivity index (χ0v) is 14.9. The van der Waals surface area contributed by atoms with Gasteiger partial charge in [0.25, 0.3) is 17.4 Å². The number of halogens is 3. The van der Waals surface area contributed by atoms with Gasteiger partial charge in [-0.25, -0.2) is 0 Å². The average molecular weight is 408 g/mol. The van der Waals surface area contributed by atoms with E-state index in [1.165, 1.54) is 6.07 Å². The fraction of sp³-hybridized carbons (Fsp3) is 0.278. The monoisotopic (exact) mass is 408 g/mol. The van der Waals surface area contributed by atoms with Crippen LogP contribution in [0.3, 0.4) is 0 Å². The van der Waals surface area contributed by atoms with E-state index in [-0.39, 0.29) is 11.1 Å². The van der Waals surface area contributed by atoms with Crippen LogP contribution in [0.1, 0.15) is 26.3 Å². The van der Waals surface area contributed by atoms with E-state index in [1.807, 2.05) is 5.32 Å². The Morgan fingerprint density at radius 1 is 1.03 bits per heavy atom. The van der Waals surface area contributed by atoms with Crippen molar-refractivity contribution in [2.24, 2.45) is 0 Å². The first-order valence-electron chi connectivity index (χ1n) is 8.64. The van der Waals surface area contributed by atoms with Gasteiger partial charge in [-0.3, -0.25) is 24.3 Å². The number of fused-ring (bicyclic) bond motifs is 1. The van der Waals surface area contributed by atoms with Crippen LogP contribution >= 0.6 is 0 Å². The molecule has 1 aromatic carbocycles. The summed E-state index contributed by atoms with van der Waals surface area (Å²) in [5.74, 6) is -2.21. The summed E-state index contributed by atoms with van der Waals surface area (Å²) < 4.78 is 47.3. The summed E-state index contributed by atoms with van der Waals surface area (Å²) >= 11 is 0. The lowest BCUT2D eigenvalue weighted by Crippen LogP contribution is -2.36. The lowest BCUT2D eigenvalue weighted by molar-refractivity contribution is -0.137. The van der Waals surface area contributed by atoms with Crippen LogP contribution in [0.5, 0.6) is 0 Å². The number of nitrogens with one attached hydrogen (secondary N) is 1. The van der Waals surface area contributed by atoms with Crippen LogP contribution in [0, 0.1) is 0 Å². The number of anilines is 2. The molecule has 8 nitrogen and oxygen atoms in total. The SMILES string of the molecule is Nc1c2c(cc(=O)n1-c1ccc(N3CCOCC3)cc1C(F)(F)F)C(=O)NC2=O. The Balaban J connectivity index is 1.92. The smallest absolute Gasteiger partial charge is 0.384 e. The van der Waals surface area contributed by atoms with Gasteiger partial charge in [0.15, 0.2) is 0 Å². The number of benzene rings is 1. The van der Waals surface area contributed by atoms with Crippen LogP contribution in [0.4, 0.5) is 24.7 Å². The van der Waals surface area contributed by atoms with Crippen LogP contribution in [-0.4, -0.2) is 42.7 Å². The first kappa shape index (κ1) is 19.0. The minimum atomic E-state index is -4.79. The van der Waals surface area contributed by atoms with Gasteiger partial charge in [-0.05, 0) is 18.2 Å². The Bertz CT molecular complexity index is 1090. The van der Waals surface area contributed by atoms with E-state index < -0.39 is 40.6 Å². The fourth-order valence-corrected chi connectivity index (χ4v) is 3.49. The molecule has 0 radical (unpaired) electrons. The summed E-state index contributed by atoms with van der Waals surface area (Å²) in [6.45, 7) is 1.65. The van der Waals surface area contributed by atoms with Crippen molar-refractivity contribution in [1.29, 1.82) is 0 Å². The minimum absolute atomic E-state index is 0.257. The van der Waals surface area contributed by atoms with E-state index in [2.05, 4.69) is 0 Å². The van der Waals surface area contributed by atoms with Crippen molar-refractivity contribution in [3.8, 4) is 5.69 Å². The summed E-state index contributed by atoms with van der Waals surface area (Å²) in [4.78, 5) is 38.0. The Hall–Kier alpha value is -3.34. The summed E-state index contributed by atoms with van der Waals surface area (Å²) in [5, 5.41) is 1.98. The maximum Gasteiger partial charge on any atom is 0.418 e. The first-order valence-corrected chi connectivity index (χ1v) is 8.64. The van der Waals surface area contributed by atoms with Gasteiger partial charge in [-0.15, -0.1) is 0 Å². The molecule has 29 heavy (non-hydrogen) atoms. The van der Waals surface area contributed by atoms with Crippen molar-refractivity contribution in [3.05, 3.63) is 51.3 Å². The van der Waals surface area contributed by atoms with E-state index in [0.717, 1.165) is 18.2 Å². The molecule has 0 bridgehead atoms. The highest BCUT2D eigenvalue weighted by molar-refractivity contribution is 6.23. The number of alkyl halides is 3. The van der Waals surface area contributed by atoms with Gasteiger partial charge in [0, 0.05) is 24.8 Å². The number of hydrogen-bond donors (Lipinski definition) is 2. The highest BCUT2D eigenvalue weighted by atomic mass is 19.4. The predicted octanol–water partition coefficient (Wildman–Crippen LogP) is 1.16. The molecule has 2 aromatic rings. The second-order valence-electron chi connectivity index (χ2n) is 6.57. The van der Waals surface area contributed by atoms with Crippen molar-refractivity contribution in [2.45, 2.75) is 6.18 Å². The molecular formula is C18H15F3N4O4. The Kier molecular flexibility index (Phi) is 4.34. The maximum absolute atomic E-state index is 13.8. The van der Waals surface area contributed by atoms with E-state index in [9.17, 15) is 27.6 Å². The molecule has 11 heteroatoms. The number of carbonyl (C=O) groups is 2. The number of nitrogens with zero attached hydrogens (tertiary/aromatic N) is 2. The molecule has 2 amide bonds. The molecule has 3 N–H and O–H groups in total. The second-order valence-corrected chi connectivity index (χ2v) is 6.57. The molecule has 2 aliphatic rings. The Labute approximate surface area is 161 Å². The normalized spacial score (nSPS) is 16.7. The number of ether oxygens (including phenoxy) is 1. The molecule has 152 valence electrons. The van der Waals surface area contributed by atoms with E-state index in [1.54, 1.807) is 4.90 Å². The number of rotatable bonds is 2. The molecule has 0 aliphatic carbocycles. The number of imide groups is 1. The van der Waals surface area contributed by atoms with Crippen LogP contribution in [-0.2, 0) is 10.9 Å². The standard InChI is InChI=1S/C18H15F3N4O4/c19-18(20,21)11-7-9(24-3-5-29-6-4-24)1-2-12(11)25-13(26)8-10-14(15(25)22)17(28)23-16(10)27/h1-2,7-8H,3-6,22H2,(H,23,27,28).